The van der Waals surface area contributed by atoms with E-state index in [1.165, 1.54) is 6.07 Å². The molecule has 156 valence electrons. The van der Waals surface area contributed by atoms with Crippen LogP contribution < -0.4 is 5.56 Å². The van der Waals surface area contributed by atoms with Gasteiger partial charge in [0.2, 0.25) is 0 Å². The van der Waals surface area contributed by atoms with Crippen LogP contribution in [0.25, 0.3) is 10.9 Å². The van der Waals surface area contributed by atoms with Crippen LogP contribution in [0.5, 0.6) is 5.75 Å². The second-order valence-corrected chi connectivity index (χ2v) is 9.54. The summed E-state index contributed by atoms with van der Waals surface area (Å²) in [6.45, 7) is 7.12. The molecule has 2 aromatic rings. The Bertz CT molecular complexity index is 984. The lowest BCUT2D eigenvalue weighted by Gasteiger charge is -2.37. The molecular weight excluding hydrogens is 370 g/mol. The van der Waals surface area contributed by atoms with Crippen LogP contribution in [0, 0.1) is 5.41 Å². The first-order valence-corrected chi connectivity index (χ1v) is 10.3. The maximum Gasteiger partial charge on any atom is 0.410 e. The van der Waals surface area contributed by atoms with Crippen molar-refractivity contribution in [3.05, 3.63) is 34.9 Å². The van der Waals surface area contributed by atoms with E-state index < -0.39 is 5.60 Å². The van der Waals surface area contributed by atoms with Gasteiger partial charge in [-0.2, -0.15) is 0 Å². The average molecular weight is 399 g/mol. The molecule has 4 rings (SSSR count). The van der Waals surface area contributed by atoms with E-state index in [1.807, 2.05) is 25.7 Å². The van der Waals surface area contributed by atoms with Crippen molar-refractivity contribution in [1.29, 1.82) is 0 Å². The number of hydrogen-bond donors (Lipinski definition) is 1. The number of phenols is 1. The number of amides is 1. The Labute approximate surface area is 170 Å². The SMILES string of the molecule is CC(C)(C)OC(=O)N1CCC2(CCC(n3cnc4ccc(O)cc4c3=O)CC2)C1. The van der Waals surface area contributed by atoms with E-state index in [-0.39, 0.29) is 28.9 Å². The van der Waals surface area contributed by atoms with Crippen LogP contribution in [0.2, 0.25) is 0 Å². The van der Waals surface area contributed by atoms with Crippen molar-refractivity contribution in [2.75, 3.05) is 13.1 Å². The molecule has 2 aliphatic rings. The van der Waals surface area contributed by atoms with Crippen molar-refractivity contribution in [3.8, 4) is 5.75 Å². The fourth-order valence-electron chi connectivity index (χ4n) is 4.70. The summed E-state index contributed by atoms with van der Waals surface area (Å²) in [5.41, 5.74) is 0.136. The summed E-state index contributed by atoms with van der Waals surface area (Å²) in [4.78, 5) is 31.5. The molecule has 0 atom stereocenters. The predicted molar refractivity (Wildman–Crippen MR) is 110 cm³/mol. The van der Waals surface area contributed by atoms with Gasteiger partial charge in [0.15, 0.2) is 0 Å². The zero-order valence-electron chi connectivity index (χ0n) is 17.4. The number of ether oxygens (including phenoxy) is 1. The first-order valence-electron chi connectivity index (χ1n) is 10.3. The molecule has 0 unspecified atom stereocenters. The quantitative estimate of drug-likeness (QED) is 0.787. The maximum atomic E-state index is 12.9. The standard InChI is InChI=1S/C22H29N3O4/c1-21(2,3)29-20(28)24-11-10-22(13-24)8-6-15(7-9-22)25-14-23-18-5-4-16(26)12-17(18)19(25)27/h4-5,12,14-15,26H,6-11,13H2,1-3H3. The molecule has 1 aromatic carbocycles. The van der Waals surface area contributed by atoms with E-state index in [4.69, 9.17) is 4.74 Å². The lowest BCUT2D eigenvalue weighted by molar-refractivity contribution is 0.0257. The van der Waals surface area contributed by atoms with Crippen LogP contribution >= 0.6 is 0 Å². The molecule has 1 aliphatic heterocycles. The smallest absolute Gasteiger partial charge is 0.410 e. The number of fused-ring (bicyclic) bond motifs is 1. The number of aromatic hydroxyl groups is 1. The Morgan fingerprint density at radius 3 is 2.66 bits per heavy atom. The summed E-state index contributed by atoms with van der Waals surface area (Å²) in [5.74, 6) is 0.0740. The first-order chi connectivity index (χ1) is 13.7. The normalized spacial score (nSPS) is 24.9. The summed E-state index contributed by atoms with van der Waals surface area (Å²) in [5, 5.41) is 10.2. The highest BCUT2D eigenvalue weighted by Crippen LogP contribution is 2.46. The minimum absolute atomic E-state index is 0.0740. The van der Waals surface area contributed by atoms with Crippen LogP contribution in [0.15, 0.2) is 29.3 Å². The zero-order valence-corrected chi connectivity index (χ0v) is 17.4. The van der Waals surface area contributed by atoms with E-state index in [9.17, 15) is 14.7 Å². The number of carbonyl (C=O) groups is 1. The van der Waals surface area contributed by atoms with Gasteiger partial charge in [0.25, 0.3) is 5.56 Å². The largest absolute Gasteiger partial charge is 0.508 e. The van der Waals surface area contributed by atoms with E-state index in [1.54, 1.807) is 23.0 Å². The number of likely N-dealkylation sites (tertiary alicyclic amines) is 1. The fourth-order valence-corrected chi connectivity index (χ4v) is 4.70. The highest BCUT2D eigenvalue weighted by Gasteiger charge is 2.43. The summed E-state index contributed by atoms with van der Waals surface area (Å²) < 4.78 is 7.24. The molecule has 1 saturated heterocycles. The van der Waals surface area contributed by atoms with Gasteiger partial charge in [-0.05, 0) is 76.5 Å². The van der Waals surface area contributed by atoms with Gasteiger partial charge in [-0.25, -0.2) is 9.78 Å². The van der Waals surface area contributed by atoms with Gasteiger partial charge in [0, 0.05) is 19.1 Å². The van der Waals surface area contributed by atoms with Gasteiger partial charge >= 0.3 is 6.09 Å². The molecule has 7 heteroatoms. The van der Waals surface area contributed by atoms with Crippen LogP contribution in [-0.2, 0) is 4.74 Å². The van der Waals surface area contributed by atoms with Gasteiger partial charge in [0.1, 0.15) is 11.4 Å². The van der Waals surface area contributed by atoms with Crippen molar-refractivity contribution in [2.45, 2.75) is 64.5 Å². The van der Waals surface area contributed by atoms with Gasteiger partial charge in [-0.15, -0.1) is 0 Å². The van der Waals surface area contributed by atoms with Crippen molar-refractivity contribution < 1.29 is 14.6 Å². The molecule has 0 radical (unpaired) electrons. The molecule has 1 N–H and O–H groups in total. The monoisotopic (exact) mass is 399 g/mol. The summed E-state index contributed by atoms with van der Waals surface area (Å²) in [7, 11) is 0. The van der Waals surface area contributed by atoms with Gasteiger partial charge in [0.05, 0.1) is 17.2 Å². The zero-order chi connectivity index (χ0) is 20.8. The summed E-state index contributed by atoms with van der Waals surface area (Å²) in [6.07, 6.45) is 6.10. The number of benzene rings is 1. The molecule has 2 heterocycles. The Kier molecular flexibility index (Phi) is 4.79. The maximum absolute atomic E-state index is 12.9. The molecule has 0 bridgehead atoms. The van der Waals surface area contributed by atoms with Gasteiger partial charge in [-0.1, -0.05) is 0 Å². The first kappa shape index (κ1) is 19.7. The number of phenolic OH excluding ortho intramolecular Hbond substituents is 1. The topological polar surface area (TPSA) is 84.7 Å². The Balaban J connectivity index is 1.45. The molecule has 1 spiro atoms. The van der Waals surface area contributed by atoms with E-state index >= 15 is 0 Å². The van der Waals surface area contributed by atoms with Crippen LogP contribution in [-0.4, -0.2) is 44.3 Å². The average Bonchev–Trinajstić information content (AvgIpc) is 3.06. The van der Waals surface area contributed by atoms with Crippen molar-refractivity contribution in [1.82, 2.24) is 14.5 Å². The molecular formula is C22H29N3O4. The predicted octanol–water partition coefficient (Wildman–Crippen LogP) is 3.84. The van der Waals surface area contributed by atoms with Crippen molar-refractivity contribution >= 4 is 17.0 Å². The second-order valence-electron chi connectivity index (χ2n) is 9.54. The van der Waals surface area contributed by atoms with E-state index in [2.05, 4.69) is 4.98 Å². The third-order valence-electron chi connectivity index (χ3n) is 6.27. The van der Waals surface area contributed by atoms with Gasteiger partial charge < -0.3 is 14.7 Å². The molecule has 1 aromatic heterocycles. The number of rotatable bonds is 1. The lowest BCUT2D eigenvalue weighted by atomic mass is 9.72. The minimum Gasteiger partial charge on any atom is -0.508 e. The van der Waals surface area contributed by atoms with Crippen LogP contribution in [0.4, 0.5) is 4.79 Å². The number of carbonyl (C=O) groups excluding carboxylic acids is 1. The molecule has 1 saturated carbocycles. The Hall–Kier alpha value is -2.57. The molecule has 2 fully saturated rings. The van der Waals surface area contributed by atoms with E-state index in [0.29, 0.717) is 10.9 Å². The number of aromatic nitrogens is 2. The highest BCUT2D eigenvalue weighted by molar-refractivity contribution is 5.78. The molecule has 1 aliphatic carbocycles. The third-order valence-corrected chi connectivity index (χ3v) is 6.27. The van der Waals surface area contributed by atoms with Gasteiger partial charge in [-0.3, -0.25) is 9.36 Å². The fraction of sp³-hybridized carbons (Fsp3) is 0.591. The molecule has 29 heavy (non-hydrogen) atoms. The third kappa shape index (κ3) is 3.95. The van der Waals surface area contributed by atoms with Crippen molar-refractivity contribution in [2.24, 2.45) is 5.41 Å². The van der Waals surface area contributed by atoms with Crippen LogP contribution in [0.1, 0.15) is 58.9 Å². The van der Waals surface area contributed by atoms with E-state index in [0.717, 1.165) is 45.2 Å². The summed E-state index contributed by atoms with van der Waals surface area (Å²) in [6, 6.07) is 4.79. The molecule has 7 nitrogen and oxygen atoms in total. The van der Waals surface area contributed by atoms with Crippen LogP contribution in [0.3, 0.4) is 0 Å². The Morgan fingerprint density at radius 1 is 1.24 bits per heavy atom. The number of hydrogen-bond acceptors (Lipinski definition) is 5. The Morgan fingerprint density at radius 2 is 1.97 bits per heavy atom. The van der Waals surface area contributed by atoms with Crippen molar-refractivity contribution in [3.63, 3.8) is 0 Å². The highest BCUT2D eigenvalue weighted by atomic mass is 16.6. The minimum atomic E-state index is -0.483. The summed E-state index contributed by atoms with van der Waals surface area (Å²) >= 11 is 0. The second kappa shape index (κ2) is 7.04. The number of nitrogens with zero attached hydrogens (tertiary/aromatic N) is 3. The lowest BCUT2D eigenvalue weighted by Crippen LogP contribution is -2.38. The molecule has 1 amide bonds.